The highest BCUT2D eigenvalue weighted by atomic mass is 31.2. The van der Waals surface area contributed by atoms with E-state index in [9.17, 15) is 19.0 Å². The number of quaternary nitrogens is 1. The van der Waals surface area contributed by atoms with Gasteiger partial charge in [0.05, 0.1) is 27.7 Å². The second-order valence-electron chi connectivity index (χ2n) is 22.0. The molecule has 0 rings (SSSR count). The molecular formula is C76H118NO8P. The molecule has 0 radical (unpaired) electrons. The van der Waals surface area contributed by atoms with Gasteiger partial charge < -0.3 is 27.9 Å². The van der Waals surface area contributed by atoms with Crippen molar-refractivity contribution >= 4 is 19.8 Å². The van der Waals surface area contributed by atoms with E-state index in [-0.39, 0.29) is 26.1 Å². The molecule has 0 aromatic carbocycles. The number of hydrogen-bond donors (Lipinski definition) is 0. The quantitative estimate of drug-likeness (QED) is 0.0195. The number of carbonyl (C=O) groups is 2. The number of carbonyl (C=O) groups excluding carboxylic acids is 2. The lowest BCUT2D eigenvalue weighted by molar-refractivity contribution is -0.870. The number of hydrogen-bond acceptors (Lipinski definition) is 8. The summed E-state index contributed by atoms with van der Waals surface area (Å²) in [5.74, 6) is -0.909. The van der Waals surface area contributed by atoms with Crippen molar-refractivity contribution in [3.05, 3.63) is 207 Å². The van der Waals surface area contributed by atoms with Crippen LogP contribution in [0, 0.1) is 0 Å². The zero-order chi connectivity index (χ0) is 62.6. The van der Waals surface area contributed by atoms with Crippen LogP contribution in [0.2, 0.25) is 0 Å². The van der Waals surface area contributed by atoms with E-state index < -0.39 is 32.5 Å². The number of likely N-dealkylation sites (N-methyl/N-ethyl adjacent to an activating group) is 1. The van der Waals surface area contributed by atoms with E-state index >= 15 is 0 Å². The van der Waals surface area contributed by atoms with Gasteiger partial charge in [-0.15, -0.1) is 0 Å². The first kappa shape index (κ1) is 80.6. The topological polar surface area (TPSA) is 111 Å². The van der Waals surface area contributed by atoms with Gasteiger partial charge in [0.2, 0.25) is 0 Å². The highest BCUT2D eigenvalue weighted by Gasteiger charge is 2.22. The van der Waals surface area contributed by atoms with Crippen molar-refractivity contribution in [3.63, 3.8) is 0 Å². The van der Waals surface area contributed by atoms with Crippen molar-refractivity contribution in [3.8, 4) is 0 Å². The Balaban J connectivity index is 4.30. The maximum Gasteiger partial charge on any atom is 0.306 e. The van der Waals surface area contributed by atoms with Crippen molar-refractivity contribution in [1.29, 1.82) is 0 Å². The highest BCUT2D eigenvalue weighted by molar-refractivity contribution is 7.45. The predicted octanol–water partition coefficient (Wildman–Crippen LogP) is 20.8. The van der Waals surface area contributed by atoms with Gasteiger partial charge in [-0.05, 0) is 148 Å². The molecule has 0 aromatic heterocycles. The van der Waals surface area contributed by atoms with Gasteiger partial charge in [-0.1, -0.05) is 253 Å². The summed E-state index contributed by atoms with van der Waals surface area (Å²) in [5, 5.41) is 0. The summed E-state index contributed by atoms with van der Waals surface area (Å²) >= 11 is 0. The monoisotopic (exact) mass is 1200 g/mol. The third kappa shape index (κ3) is 67.7. The molecule has 86 heavy (non-hydrogen) atoms. The van der Waals surface area contributed by atoms with Crippen molar-refractivity contribution in [2.75, 3.05) is 47.5 Å². The summed E-state index contributed by atoms with van der Waals surface area (Å²) in [6.07, 6.45) is 102. The van der Waals surface area contributed by atoms with E-state index in [4.69, 9.17) is 18.5 Å². The van der Waals surface area contributed by atoms with E-state index in [0.29, 0.717) is 23.9 Å². The summed E-state index contributed by atoms with van der Waals surface area (Å²) in [6, 6.07) is 0. The van der Waals surface area contributed by atoms with E-state index in [1.165, 1.54) is 0 Å². The standard InChI is InChI=1S/C76H118NO8P/c1-6-8-10-12-14-16-18-20-22-24-26-28-30-32-34-36-38-40-42-44-46-48-50-52-54-56-58-60-62-64-66-68-75(78)82-72-74(73-84-86(80,81)83-71-70-77(3,4)5)85-76(79)69-67-65-63-61-59-57-55-53-51-49-47-45-43-41-39-37-35-33-31-29-27-25-23-21-19-17-15-13-11-9-7-2/h8-11,14-17,20-23,26-29,32-35,38-41,44-47,50-53,57,59,74H,6-7,12-13,18-19,24-25,30-31,36-37,42-43,48-49,54-56,58,60-73H2,1-5H3/b10-8-,11-9-,16-14-,17-15-,22-20-,23-21-,28-26-,29-27-,34-32-,35-33-,40-38-,41-39-,46-44-,47-45-,52-50-,53-51-,59-57-. The third-order valence-corrected chi connectivity index (χ3v) is 13.8. The Bertz CT molecular complexity index is 2200. The maximum atomic E-state index is 12.8. The van der Waals surface area contributed by atoms with Crippen LogP contribution in [0.3, 0.4) is 0 Å². The van der Waals surface area contributed by atoms with E-state index in [1.54, 1.807) is 0 Å². The molecule has 480 valence electrons. The van der Waals surface area contributed by atoms with Crippen LogP contribution in [0.15, 0.2) is 207 Å². The molecule has 0 aliphatic carbocycles. The molecule has 0 saturated carbocycles. The Hall–Kier alpha value is -5.41. The number of unbranched alkanes of at least 4 members (excludes halogenated alkanes) is 9. The molecule has 0 aromatic rings. The summed E-state index contributed by atoms with van der Waals surface area (Å²) in [6.45, 7) is 3.92. The van der Waals surface area contributed by atoms with E-state index in [0.717, 1.165) is 167 Å². The Kier molecular flexibility index (Phi) is 60.0. The van der Waals surface area contributed by atoms with Crippen LogP contribution in [-0.4, -0.2) is 70.0 Å². The Morgan fingerprint density at radius 2 is 0.628 bits per heavy atom. The van der Waals surface area contributed by atoms with Gasteiger partial charge >= 0.3 is 11.9 Å². The van der Waals surface area contributed by atoms with Crippen LogP contribution in [0.25, 0.3) is 0 Å². The number of ether oxygens (including phenoxy) is 2. The van der Waals surface area contributed by atoms with Gasteiger partial charge in [0, 0.05) is 12.8 Å². The van der Waals surface area contributed by atoms with Gasteiger partial charge in [0.25, 0.3) is 7.82 Å². The molecule has 2 unspecified atom stereocenters. The molecule has 0 amide bonds. The Morgan fingerprint density at radius 3 is 0.942 bits per heavy atom. The minimum Gasteiger partial charge on any atom is -0.756 e. The molecule has 9 nitrogen and oxygen atoms in total. The van der Waals surface area contributed by atoms with E-state index in [2.05, 4.69) is 220 Å². The van der Waals surface area contributed by atoms with Gasteiger partial charge in [-0.2, -0.15) is 0 Å². The molecule has 0 aliphatic heterocycles. The van der Waals surface area contributed by atoms with Crippen LogP contribution >= 0.6 is 7.82 Å². The lowest BCUT2D eigenvalue weighted by atomic mass is 10.1. The SMILES string of the molecule is CC/C=C\C/C=C\C/C=C\C/C=C\C/C=C\C/C=C\C/C=C\C/C=C\C/C=C\CCCCCC(=O)OC(COC(=O)CCCCCCCC/C=C\C/C=C\C/C=C\C/C=C\C/C=C\C/C=C\C/C=C\C/C=C\CC)COP(=O)([O-])OCC[N+](C)(C)C. The zero-order valence-electron chi connectivity index (χ0n) is 54.4. The molecule has 0 bridgehead atoms. The Morgan fingerprint density at radius 1 is 0.360 bits per heavy atom. The number of allylic oxidation sites excluding steroid dienone is 34. The normalized spacial score (nSPS) is 14.5. The average Bonchev–Trinajstić information content (AvgIpc) is 3.56. The van der Waals surface area contributed by atoms with Gasteiger partial charge in [-0.25, -0.2) is 0 Å². The zero-order valence-corrected chi connectivity index (χ0v) is 55.3. The number of rotatable bonds is 57. The molecule has 0 heterocycles. The molecule has 10 heteroatoms. The van der Waals surface area contributed by atoms with Crippen LogP contribution in [0.4, 0.5) is 0 Å². The largest absolute Gasteiger partial charge is 0.756 e. The number of nitrogens with zero attached hydrogens (tertiary/aromatic N) is 1. The van der Waals surface area contributed by atoms with Gasteiger partial charge in [0.15, 0.2) is 6.10 Å². The van der Waals surface area contributed by atoms with Crippen LogP contribution in [0.5, 0.6) is 0 Å². The third-order valence-electron chi connectivity index (χ3n) is 12.8. The molecule has 0 saturated heterocycles. The minimum atomic E-state index is -4.67. The van der Waals surface area contributed by atoms with Crippen molar-refractivity contribution in [2.45, 2.75) is 213 Å². The smallest absolute Gasteiger partial charge is 0.306 e. The summed E-state index contributed by atoms with van der Waals surface area (Å²) in [5.41, 5.74) is 0. The number of phosphoric acid groups is 1. The van der Waals surface area contributed by atoms with Gasteiger partial charge in [0.1, 0.15) is 19.8 Å². The summed E-state index contributed by atoms with van der Waals surface area (Å²) in [4.78, 5) is 38.0. The second-order valence-corrected chi connectivity index (χ2v) is 23.4. The summed E-state index contributed by atoms with van der Waals surface area (Å²) in [7, 11) is 1.10. The first-order valence-electron chi connectivity index (χ1n) is 32.8. The molecule has 0 fully saturated rings. The second kappa shape index (κ2) is 64.1. The van der Waals surface area contributed by atoms with Crippen molar-refractivity contribution in [2.24, 2.45) is 0 Å². The fourth-order valence-electron chi connectivity index (χ4n) is 7.84. The predicted molar refractivity (Wildman–Crippen MR) is 368 cm³/mol. The lowest BCUT2D eigenvalue weighted by Crippen LogP contribution is -2.37. The minimum absolute atomic E-state index is 0.0534. The first-order chi connectivity index (χ1) is 42.0. The van der Waals surface area contributed by atoms with Crippen molar-refractivity contribution in [1.82, 2.24) is 0 Å². The lowest BCUT2D eigenvalue weighted by Gasteiger charge is -2.28. The van der Waals surface area contributed by atoms with Crippen molar-refractivity contribution < 1.29 is 42.1 Å². The first-order valence-corrected chi connectivity index (χ1v) is 34.3. The average molecular weight is 1200 g/mol. The highest BCUT2D eigenvalue weighted by Crippen LogP contribution is 2.38. The molecule has 2 atom stereocenters. The molecule has 0 aliphatic rings. The summed E-state index contributed by atoms with van der Waals surface area (Å²) < 4.78 is 34.2. The number of phosphoric ester groups is 1. The Labute approximate surface area is 525 Å². The fourth-order valence-corrected chi connectivity index (χ4v) is 8.57. The van der Waals surface area contributed by atoms with Gasteiger partial charge in [-0.3, -0.25) is 14.2 Å². The number of esters is 2. The molecular weight excluding hydrogens is 1090 g/mol. The maximum absolute atomic E-state index is 12.8. The fraction of sp³-hybridized carbons (Fsp3) is 0.526. The van der Waals surface area contributed by atoms with Crippen LogP contribution in [-0.2, 0) is 32.7 Å². The molecule has 0 N–H and O–H groups in total. The van der Waals surface area contributed by atoms with Crippen LogP contribution < -0.4 is 4.89 Å². The van der Waals surface area contributed by atoms with Crippen LogP contribution in [0.1, 0.15) is 206 Å². The molecule has 0 spiro atoms. The van der Waals surface area contributed by atoms with E-state index in [1.807, 2.05) is 21.1 Å².